The number of amides is 1. The molecule has 1 aromatic heterocycles. The Morgan fingerprint density at radius 2 is 1.92 bits per heavy atom. The second kappa shape index (κ2) is 8.73. The van der Waals surface area contributed by atoms with E-state index in [9.17, 15) is 10.0 Å². The molecule has 0 bridgehead atoms. The maximum Gasteiger partial charge on any atom is 0.251 e. The first kappa shape index (κ1) is 18.3. The van der Waals surface area contributed by atoms with Crippen molar-refractivity contribution in [3.05, 3.63) is 65.0 Å². The van der Waals surface area contributed by atoms with E-state index in [0.717, 1.165) is 16.7 Å². The quantitative estimate of drug-likeness (QED) is 0.475. The van der Waals surface area contributed by atoms with Gasteiger partial charge in [0.15, 0.2) is 6.20 Å². The van der Waals surface area contributed by atoms with E-state index in [-0.39, 0.29) is 23.6 Å². The van der Waals surface area contributed by atoms with Gasteiger partial charge < -0.3 is 10.5 Å². The Kier molecular flexibility index (Phi) is 6.67. The summed E-state index contributed by atoms with van der Waals surface area (Å²) in [6.07, 6.45) is 2.44. The Hall–Kier alpha value is -2.01. The van der Waals surface area contributed by atoms with Crippen LogP contribution in [0.15, 0.2) is 53.7 Å². The van der Waals surface area contributed by atoms with E-state index in [2.05, 4.69) is 50.4 Å². The number of nitrogens with zero attached hydrogens (tertiary/aromatic N) is 1. The number of thioether (sulfide) groups is 1. The van der Waals surface area contributed by atoms with E-state index < -0.39 is 0 Å². The lowest BCUT2D eigenvalue weighted by Crippen LogP contribution is -2.34. The molecule has 0 saturated heterocycles. The molecule has 1 atom stereocenters. The molecular formula is C19H24N2O2S. The average molecular weight is 344 g/mol. The number of hydrogen-bond donors (Lipinski definition) is 1. The van der Waals surface area contributed by atoms with Crippen molar-refractivity contribution in [2.75, 3.05) is 5.75 Å². The van der Waals surface area contributed by atoms with Crippen molar-refractivity contribution in [3.63, 3.8) is 0 Å². The number of aryl methyl sites for hydroxylation is 1. The zero-order chi connectivity index (χ0) is 17.5. The van der Waals surface area contributed by atoms with Crippen LogP contribution in [-0.2, 0) is 11.2 Å². The summed E-state index contributed by atoms with van der Waals surface area (Å²) in [6.45, 7) is 6.31. The standard InChI is InChI=1S/C19H24N2O2S/c1-4-15-8-10-16(11-9-15)19(14(2)3)20-17(22)13-24-18-7-5-6-12-21(18)23/h5-12,14,19H,4,13H2,1-3H3,(H,20,22)/t19-/m1/s1. The molecule has 0 saturated carbocycles. The molecule has 2 aromatic rings. The lowest BCUT2D eigenvalue weighted by molar-refractivity contribution is -0.645. The molecule has 0 radical (unpaired) electrons. The van der Waals surface area contributed by atoms with Gasteiger partial charge in [0.2, 0.25) is 5.91 Å². The fraction of sp³-hybridized carbons (Fsp3) is 0.368. The second-order valence-corrected chi connectivity index (χ2v) is 7.03. The van der Waals surface area contributed by atoms with Crippen molar-refractivity contribution >= 4 is 17.7 Å². The van der Waals surface area contributed by atoms with Crippen LogP contribution in [0.4, 0.5) is 0 Å². The number of aromatic nitrogens is 1. The molecule has 128 valence electrons. The Balaban J connectivity index is 1.99. The molecular weight excluding hydrogens is 320 g/mol. The van der Waals surface area contributed by atoms with Crippen LogP contribution in [-0.4, -0.2) is 11.7 Å². The average Bonchev–Trinajstić information content (AvgIpc) is 2.59. The number of carbonyl (C=O) groups is 1. The Labute approximate surface area is 147 Å². The highest BCUT2D eigenvalue weighted by atomic mass is 32.2. The molecule has 0 unspecified atom stereocenters. The third-order valence-electron chi connectivity index (χ3n) is 3.87. The van der Waals surface area contributed by atoms with Crippen LogP contribution in [0.1, 0.15) is 37.9 Å². The van der Waals surface area contributed by atoms with Crippen LogP contribution >= 0.6 is 11.8 Å². The highest BCUT2D eigenvalue weighted by molar-refractivity contribution is 7.99. The topological polar surface area (TPSA) is 56.0 Å². The lowest BCUT2D eigenvalue weighted by Gasteiger charge is -2.23. The summed E-state index contributed by atoms with van der Waals surface area (Å²) in [4.78, 5) is 12.3. The monoisotopic (exact) mass is 344 g/mol. The first-order valence-corrected chi connectivity index (χ1v) is 9.19. The van der Waals surface area contributed by atoms with Gasteiger partial charge in [-0.3, -0.25) is 4.79 Å². The van der Waals surface area contributed by atoms with Crippen molar-refractivity contribution in [3.8, 4) is 0 Å². The zero-order valence-electron chi connectivity index (χ0n) is 14.4. The maximum atomic E-state index is 12.3. The highest BCUT2D eigenvalue weighted by Gasteiger charge is 2.19. The van der Waals surface area contributed by atoms with Crippen LogP contribution in [0, 0.1) is 11.1 Å². The van der Waals surface area contributed by atoms with Gasteiger partial charge in [-0.25, -0.2) is 0 Å². The summed E-state index contributed by atoms with van der Waals surface area (Å²) in [5.41, 5.74) is 2.39. The second-order valence-electron chi connectivity index (χ2n) is 6.04. The van der Waals surface area contributed by atoms with E-state index in [0.29, 0.717) is 5.03 Å². The lowest BCUT2D eigenvalue weighted by atomic mass is 9.95. The minimum absolute atomic E-state index is 0.0286. The number of hydrogen-bond acceptors (Lipinski definition) is 3. The van der Waals surface area contributed by atoms with E-state index in [4.69, 9.17) is 0 Å². The van der Waals surface area contributed by atoms with E-state index in [1.807, 2.05) is 0 Å². The van der Waals surface area contributed by atoms with E-state index in [1.54, 1.807) is 18.2 Å². The molecule has 0 aliphatic rings. The Bertz CT molecular complexity index is 671. The summed E-state index contributed by atoms with van der Waals surface area (Å²) < 4.78 is 0.779. The SMILES string of the molecule is CCc1ccc([C@H](NC(=O)CSc2cccc[n+]2[O-])C(C)C)cc1. The third-order valence-corrected chi connectivity index (χ3v) is 4.89. The predicted octanol–water partition coefficient (Wildman–Crippen LogP) is 3.49. The summed E-state index contributed by atoms with van der Waals surface area (Å²) in [7, 11) is 0. The van der Waals surface area contributed by atoms with Crippen LogP contribution < -0.4 is 10.0 Å². The number of rotatable bonds is 7. The number of nitrogens with one attached hydrogen (secondary N) is 1. The number of carbonyl (C=O) groups excluding carboxylic acids is 1. The number of pyridine rings is 1. The third kappa shape index (κ3) is 4.99. The van der Waals surface area contributed by atoms with Crippen molar-refractivity contribution < 1.29 is 9.52 Å². The zero-order valence-corrected chi connectivity index (χ0v) is 15.2. The van der Waals surface area contributed by atoms with E-state index in [1.165, 1.54) is 23.5 Å². The first-order valence-electron chi connectivity index (χ1n) is 8.20. The van der Waals surface area contributed by atoms with Gasteiger partial charge in [0.1, 0.15) is 0 Å². The molecule has 1 N–H and O–H groups in total. The minimum Gasteiger partial charge on any atom is -0.618 e. The Morgan fingerprint density at radius 1 is 1.21 bits per heavy atom. The molecule has 1 aromatic carbocycles. The van der Waals surface area contributed by atoms with Crippen molar-refractivity contribution in [1.29, 1.82) is 0 Å². The fourth-order valence-electron chi connectivity index (χ4n) is 2.47. The molecule has 4 nitrogen and oxygen atoms in total. The minimum atomic E-state index is -0.0675. The normalized spacial score (nSPS) is 12.2. The van der Waals surface area contributed by atoms with Gasteiger partial charge in [-0.15, -0.1) is 0 Å². The van der Waals surface area contributed by atoms with Crippen LogP contribution in [0.2, 0.25) is 0 Å². The molecule has 1 heterocycles. The summed E-state index contributed by atoms with van der Waals surface area (Å²) in [5.74, 6) is 0.442. The number of benzene rings is 1. The predicted molar refractivity (Wildman–Crippen MR) is 97.7 cm³/mol. The van der Waals surface area contributed by atoms with Crippen molar-refractivity contribution in [1.82, 2.24) is 5.32 Å². The highest BCUT2D eigenvalue weighted by Crippen LogP contribution is 2.23. The maximum absolute atomic E-state index is 12.3. The Morgan fingerprint density at radius 3 is 2.50 bits per heavy atom. The van der Waals surface area contributed by atoms with Crippen LogP contribution in [0.25, 0.3) is 0 Å². The van der Waals surface area contributed by atoms with Crippen molar-refractivity contribution in [2.45, 2.75) is 38.3 Å². The van der Waals surface area contributed by atoms with Gasteiger partial charge >= 0.3 is 0 Å². The van der Waals surface area contributed by atoms with Gasteiger partial charge in [-0.1, -0.05) is 45.0 Å². The summed E-state index contributed by atoms with van der Waals surface area (Å²) in [6, 6.07) is 13.5. The summed E-state index contributed by atoms with van der Waals surface area (Å²) in [5, 5.41) is 15.2. The van der Waals surface area contributed by atoms with Crippen LogP contribution in [0.3, 0.4) is 0 Å². The molecule has 0 aliphatic heterocycles. The smallest absolute Gasteiger partial charge is 0.251 e. The van der Waals surface area contributed by atoms with Gasteiger partial charge in [0.25, 0.3) is 5.03 Å². The molecule has 5 heteroatoms. The van der Waals surface area contributed by atoms with Gasteiger partial charge in [-0.2, -0.15) is 4.73 Å². The molecule has 24 heavy (non-hydrogen) atoms. The van der Waals surface area contributed by atoms with E-state index >= 15 is 0 Å². The fourth-order valence-corrected chi connectivity index (χ4v) is 3.20. The summed E-state index contributed by atoms with van der Waals surface area (Å²) >= 11 is 1.25. The van der Waals surface area contributed by atoms with Crippen LogP contribution in [0.5, 0.6) is 0 Å². The van der Waals surface area contributed by atoms with Gasteiger partial charge in [-0.05, 0) is 41.3 Å². The first-order chi connectivity index (χ1) is 11.5. The molecule has 0 spiro atoms. The largest absolute Gasteiger partial charge is 0.618 e. The van der Waals surface area contributed by atoms with Gasteiger partial charge in [0.05, 0.1) is 11.8 Å². The molecule has 2 rings (SSSR count). The van der Waals surface area contributed by atoms with Gasteiger partial charge in [0, 0.05) is 12.1 Å². The molecule has 0 fully saturated rings. The molecule has 0 aliphatic carbocycles. The molecule has 1 amide bonds. The van der Waals surface area contributed by atoms with Crippen molar-refractivity contribution in [2.24, 2.45) is 5.92 Å².